The van der Waals surface area contributed by atoms with Crippen LogP contribution in [0.25, 0.3) is 0 Å². The molecule has 0 unspecified atom stereocenters. The van der Waals surface area contributed by atoms with Crippen LogP contribution in [0, 0.1) is 5.92 Å². The summed E-state index contributed by atoms with van der Waals surface area (Å²) in [5.41, 5.74) is 0. The molecule has 1 rings (SSSR count). The highest BCUT2D eigenvalue weighted by molar-refractivity contribution is 7.89. The second-order valence-corrected chi connectivity index (χ2v) is 7.18. The number of carbonyl (C=O) groups is 1. The Balaban J connectivity index is 2.74. The van der Waals surface area contributed by atoms with Crippen molar-refractivity contribution in [2.45, 2.75) is 33.2 Å². The molecular weight excluding hydrogens is 268 g/mol. The average Bonchev–Trinajstić information content (AvgIpc) is 2.37. The summed E-state index contributed by atoms with van der Waals surface area (Å²) >= 11 is 0. The van der Waals surface area contributed by atoms with Gasteiger partial charge in [0.05, 0.1) is 19.0 Å². The minimum Gasteiger partial charge on any atom is -0.378 e. The Morgan fingerprint density at radius 3 is 2.37 bits per heavy atom. The maximum atomic E-state index is 12.4. The predicted octanol–water partition coefficient (Wildman–Crippen LogP) is 0.199. The van der Waals surface area contributed by atoms with Crippen LogP contribution in [0.2, 0.25) is 0 Å². The molecule has 0 saturated carbocycles. The number of hydrogen-bond donors (Lipinski definition) is 1. The molecule has 19 heavy (non-hydrogen) atoms. The van der Waals surface area contributed by atoms with E-state index in [9.17, 15) is 13.2 Å². The van der Waals surface area contributed by atoms with Crippen molar-refractivity contribution in [2.75, 3.05) is 32.1 Å². The van der Waals surface area contributed by atoms with Gasteiger partial charge in [-0.05, 0) is 19.3 Å². The van der Waals surface area contributed by atoms with Crippen LogP contribution < -0.4 is 4.72 Å². The fourth-order valence-electron chi connectivity index (χ4n) is 1.97. The van der Waals surface area contributed by atoms with E-state index in [1.54, 1.807) is 11.8 Å². The summed E-state index contributed by atoms with van der Waals surface area (Å²) in [7, 11) is -3.38. The van der Waals surface area contributed by atoms with Gasteiger partial charge in [-0.2, -0.15) is 0 Å². The lowest BCUT2D eigenvalue weighted by atomic mass is 10.0. The largest absolute Gasteiger partial charge is 0.378 e. The Labute approximate surface area is 115 Å². The van der Waals surface area contributed by atoms with Crippen LogP contribution in [-0.2, 0) is 19.6 Å². The van der Waals surface area contributed by atoms with E-state index in [4.69, 9.17) is 4.74 Å². The molecular formula is C12H24N2O4S. The first-order chi connectivity index (χ1) is 8.85. The lowest BCUT2D eigenvalue weighted by Gasteiger charge is -2.31. The number of hydrogen-bond acceptors (Lipinski definition) is 4. The Kier molecular flexibility index (Phi) is 6.22. The third kappa shape index (κ3) is 5.46. The Hall–Kier alpha value is -0.660. The van der Waals surface area contributed by atoms with Gasteiger partial charge in [-0.25, -0.2) is 13.1 Å². The van der Waals surface area contributed by atoms with Gasteiger partial charge >= 0.3 is 0 Å². The smallest absolute Gasteiger partial charge is 0.240 e. The van der Waals surface area contributed by atoms with Crippen molar-refractivity contribution in [3.8, 4) is 0 Å². The number of amides is 1. The molecule has 0 aromatic rings. The molecule has 112 valence electrons. The van der Waals surface area contributed by atoms with Crippen LogP contribution in [0.3, 0.4) is 0 Å². The maximum absolute atomic E-state index is 12.4. The first-order valence-electron chi connectivity index (χ1n) is 6.72. The van der Waals surface area contributed by atoms with Crippen molar-refractivity contribution in [2.24, 2.45) is 5.92 Å². The quantitative estimate of drug-likeness (QED) is 0.759. The fourth-order valence-corrected chi connectivity index (χ4v) is 2.77. The van der Waals surface area contributed by atoms with E-state index in [-0.39, 0.29) is 17.6 Å². The normalized spacial score (nSPS) is 18.6. The number of carbonyl (C=O) groups excluding carboxylic acids is 1. The molecule has 0 spiro atoms. The van der Waals surface area contributed by atoms with Crippen molar-refractivity contribution >= 4 is 15.9 Å². The van der Waals surface area contributed by atoms with E-state index in [1.807, 2.05) is 13.8 Å². The maximum Gasteiger partial charge on any atom is 0.240 e. The molecule has 1 fully saturated rings. The van der Waals surface area contributed by atoms with Crippen LogP contribution >= 0.6 is 0 Å². The zero-order valence-corrected chi connectivity index (χ0v) is 12.7. The van der Waals surface area contributed by atoms with Gasteiger partial charge in [0.25, 0.3) is 0 Å². The van der Waals surface area contributed by atoms with Crippen molar-refractivity contribution in [3.05, 3.63) is 0 Å². The van der Waals surface area contributed by atoms with E-state index in [0.29, 0.717) is 32.7 Å². The van der Waals surface area contributed by atoms with Gasteiger partial charge in [0.1, 0.15) is 6.04 Å². The molecule has 0 aromatic carbocycles. The van der Waals surface area contributed by atoms with Gasteiger partial charge in [-0.3, -0.25) is 4.79 Å². The molecule has 1 heterocycles. The predicted molar refractivity (Wildman–Crippen MR) is 73.2 cm³/mol. The Morgan fingerprint density at radius 1 is 1.32 bits per heavy atom. The van der Waals surface area contributed by atoms with Crippen LogP contribution in [-0.4, -0.2) is 57.3 Å². The number of nitrogens with zero attached hydrogens (tertiary/aromatic N) is 1. The number of nitrogens with one attached hydrogen (secondary N) is 1. The summed E-state index contributed by atoms with van der Waals surface area (Å²) in [5.74, 6) is 0.0846. The van der Waals surface area contributed by atoms with Crippen LogP contribution in [0.15, 0.2) is 0 Å². The number of sulfonamides is 1. The van der Waals surface area contributed by atoms with Crippen LogP contribution in [0.5, 0.6) is 0 Å². The van der Waals surface area contributed by atoms with E-state index >= 15 is 0 Å². The summed E-state index contributed by atoms with van der Waals surface area (Å²) in [4.78, 5) is 14.0. The molecule has 7 heteroatoms. The monoisotopic (exact) mass is 292 g/mol. The molecule has 1 atom stereocenters. The van der Waals surface area contributed by atoms with Gasteiger partial charge in [-0.15, -0.1) is 0 Å². The topological polar surface area (TPSA) is 75.7 Å². The number of rotatable bonds is 6. The van der Waals surface area contributed by atoms with Gasteiger partial charge in [0.15, 0.2) is 0 Å². The highest BCUT2D eigenvalue weighted by Crippen LogP contribution is 2.10. The molecule has 6 nitrogen and oxygen atoms in total. The Bertz CT molecular complexity index is 389. The minimum absolute atomic E-state index is 0.0159. The zero-order valence-electron chi connectivity index (χ0n) is 11.9. The van der Waals surface area contributed by atoms with Crippen molar-refractivity contribution in [3.63, 3.8) is 0 Å². The summed E-state index contributed by atoms with van der Waals surface area (Å²) in [6.45, 7) is 7.59. The third-order valence-corrected chi connectivity index (χ3v) is 4.43. The molecule has 1 amide bonds. The first kappa shape index (κ1) is 16.4. The second kappa shape index (κ2) is 7.21. The van der Waals surface area contributed by atoms with E-state index in [0.717, 1.165) is 0 Å². The van der Waals surface area contributed by atoms with Gasteiger partial charge in [0.2, 0.25) is 15.9 Å². The highest BCUT2D eigenvalue weighted by atomic mass is 32.2. The van der Waals surface area contributed by atoms with Crippen molar-refractivity contribution in [1.82, 2.24) is 9.62 Å². The van der Waals surface area contributed by atoms with E-state index < -0.39 is 16.1 Å². The van der Waals surface area contributed by atoms with Crippen molar-refractivity contribution < 1.29 is 17.9 Å². The van der Waals surface area contributed by atoms with Crippen molar-refractivity contribution in [1.29, 1.82) is 0 Å². The van der Waals surface area contributed by atoms with Crippen LogP contribution in [0.1, 0.15) is 27.2 Å². The molecule has 0 aliphatic carbocycles. The van der Waals surface area contributed by atoms with Gasteiger partial charge < -0.3 is 9.64 Å². The molecule has 0 radical (unpaired) electrons. The molecule has 1 N–H and O–H groups in total. The summed E-state index contributed by atoms with van der Waals surface area (Å²) < 4.78 is 31.1. The number of ether oxygens (including phenoxy) is 1. The molecule has 0 bridgehead atoms. The highest BCUT2D eigenvalue weighted by Gasteiger charge is 2.29. The number of morpholine rings is 1. The lowest BCUT2D eigenvalue weighted by Crippen LogP contribution is -2.52. The standard InChI is InChI=1S/C12H24N2O4S/c1-4-19(16,17)13-11(9-10(2)3)12(15)14-5-7-18-8-6-14/h10-11,13H,4-9H2,1-3H3/t11-/m0/s1. The fraction of sp³-hybridized carbons (Fsp3) is 0.917. The second-order valence-electron chi connectivity index (χ2n) is 5.14. The summed E-state index contributed by atoms with van der Waals surface area (Å²) in [6, 6.07) is -0.664. The summed E-state index contributed by atoms with van der Waals surface area (Å²) in [5, 5.41) is 0. The minimum atomic E-state index is -3.38. The van der Waals surface area contributed by atoms with E-state index in [1.165, 1.54) is 0 Å². The Morgan fingerprint density at radius 2 is 1.89 bits per heavy atom. The first-order valence-corrected chi connectivity index (χ1v) is 8.37. The summed E-state index contributed by atoms with van der Waals surface area (Å²) in [6.07, 6.45) is 0.509. The molecule has 1 saturated heterocycles. The zero-order chi connectivity index (χ0) is 14.5. The van der Waals surface area contributed by atoms with Crippen LogP contribution in [0.4, 0.5) is 0 Å². The third-order valence-electron chi connectivity index (χ3n) is 3.03. The van der Waals surface area contributed by atoms with E-state index in [2.05, 4.69) is 4.72 Å². The SMILES string of the molecule is CCS(=O)(=O)N[C@@H](CC(C)C)C(=O)N1CCOCC1. The molecule has 0 aromatic heterocycles. The van der Waals surface area contributed by atoms with Gasteiger partial charge in [0, 0.05) is 13.1 Å². The lowest BCUT2D eigenvalue weighted by molar-refractivity contribution is -0.137. The molecule has 1 aliphatic heterocycles. The average molecular weight is 292 g/mol. The molecule has 1 aliphatic rings. The van der Waals surface area contributed by atoms with Gasteiger partial charge in [-0.1, -0.05) is 13.8 Å².